The second-order valence-corrected chi connectivity index (χ2v) is 6.05. The molecule has 0 saturated heterocycles. The van der Waals surface area contributed by atoms with E-state index in [1.165, 1.54) is 11.3 Å². The number of nitrogens with zero attached hydrogens (tertiary/aromatic N) is 3. The van der Waals surface area contributed by atoms with E-state index in [4.69, 9.17) is 4.63 Å². The molecule has 108 valence electrons. The number of benzene rings is 1. The molecule has 0 radical (unpaired) electrons. The number of thiophene rings is 1. The quantitative estimate of drug-likeness (QED) is 0.678. The molecule has 2 aromatic heterocycles. The first-order chi connectivity index (χ1) is 10.1. The summed E-state index contributed by atoms with van der Waals surface area (Å²) >= 11 is 1.50. The van der Waals surface area contributed by atoms with Gasteiger partial charge in [0.05, 0.1) is 4.88 Å². The zero-order valence-electron chi connectivity index (χ0n) is 11.9. The first-order valence-electron chi connectivity index (χ1n) is 6.60. The van der Waals surface area contributed by atoms with E-state index in [0.717, 1.165) is 40.1 Å². The second-order valence-electron chi connectivity index (χ2n) is 5.13. The van der Waals surface area contributed by atoms with Crippen LogP contribution in [0.2, 0.25) is 0 Å². The van der Waals surface area contributed by atoms with Crippen LogP contribution in [-0.2, 0) is 13.1 Å². The molecule has 6 heteroatoms. The van der Waals surface area contributed by atoms with Crippen LogP contribution in [0.25, 0.3) is 11.0 Å². The molecule has 0 saturated carbocycles. The first-order valence-corrected chi connectivity index (χ1v) is 7.48. The van der Waals surface area contributed by atoms with E-state index in [1.807, 2.05) is 29.6 Å². The molecule has 21 heavy (non-hydrogen) atoms. The van der Waals surface area contributed by atoms with Gasteiger partial charge < -0.3 is 0 Å². The van der Waals surface area contributed by atoms with Crippen molar-refractivity contribution in [2.45, 2.75) is 20.0 Å². The number of hydrogen-bond acceptors (Lipinski definition) is 6. The summed E-state index contributed by atoms with van der Waals surface area (Å²) in [6.45, 7) is 3.20. The van der Waals surface area contributed by atoms with Gasteiger partial charge in [0.2, 0.25) is 0 Å². The molecule has 0 amide bonds. The SMILES string of the molecule is CC(=O)c1cc(CN(C)Cc2ccc3nonc3c2)cs1. The van der Waals surface area contributed by atoms with Gasteiger partial charge in [0.25, 0.3) is 0 Å². The van der Waals surface area contributed by atoms with Gasteiger partial charge in [-0.25, -0.2) is 4.63 Å². The van der Waals surface area contributed by atoms with Crippen molar-refractivity contribution >= 4 is 28.2 Å². The van der Waals surface area contributed by atoms with Gasteiger partial charge >= 0.3 is 0 Å². The van der Waals surface area contributed by atoms with Crippen molar-refractivity contribution in [1.82, 2.24) is 15.2 Å². The Morgan fingerprint density at radius 1 is 1.19 bits per heavy atom. The average molecular weight is 301 g/mol. The third kappa shape index (κ3) is 3.17. The van der Waals surface area contributed by atoms with Gasteiger partial charge in [-0.15, -0.1) is 11.3 Å². The first kappa shape index (κ1) is 13.9. The molecule has 0 bridgehead atoms. The van der Waals surface area contributed by atoms with Crippen LogP contribution < -0.4 is 0 Å². The lowest BCUT2D eigenvalue weighted by molar-refractivity contribution is 0.102. The minimum atomic E-state index is 0.123. The number of Topliss-reactive ketones (excluding diaryl/α,β-unsaturated/α-hetero) is 1. The maximum Gasteiger partial charge on any atom is 0.169 e. The summed E-state index contributed by atoms with van der Waals surface area (Å²) in [5.41, 5.74) is 3.86. The molecule has 0 spiro atoms. The molecule has 0 unspecified atom stereocenters. The lowest BCUT2D eigenvalue weighted by atomic mass is 10.2. The van der Waals surface area contributed by atoms with Crippen LogP contribution >= 0.6 is 11.3 Å². The van der Waals surface area contributed by atoms with Gasteiger partial charge in [-0.3, -0.25) is 9.69 Å². The van der Waals surface area contributed by atoms with Crippen LogP contribution in [0.5, 0.6) is 0 Å². The van der Waals surface area contributed by atoms with Crippen LogP contribution in [0.4, 0.5) is 0 Å². The minimum absolute atomic E-state index is 0.123. The van der Waals surface area contributed by atoms with Crippen LogP contribution in [0.3, 0.4) is 0 Å². The Balaban J connectivity index is 1.67. The highest BCUT2D eigenvalue weighted by atomic mass is 32.1. The Labute approximate surface area is 126 Å². The van der Waals surface area contributed by atoms with Crippen molar-refractivity contribution in [2.24, 2.45) is 0 Å². The van der Waals surface area contributed by atoms with Crippen LogP contribution in [0.15, 0.2) is 34.3 Å². The Morgan fingerprint density at radius 3 is 2.71 bits per heavy atom. The Morgan fingerprint density at radius 2 is 1.95 bits per heavy atom. The summed E-state index contributed by atoms with van der Waals surface area (Å²) in [5.74, 6) is 0.123. The number of rotatable bonds is 5. The zero-order valence-corrected chi connectivity index (χ0v) is 12.7. The fourth-order valence-corrected chi connectivity index (χ4v) is 3.05. The van der Waals surface area contributed by atoms with Crippen molar-refractivity contribution in [3.05, 3.63) is 45.6 Å². The molecule has 0 aliphatic rings. The van der Waals surface area contributed by atoms with Gasteiger partial charge in [-0.05, 0) is 59.0 Å². The second kappa shape index (κ2) is 5.75. The van der Waals surface area contributed by atoms with Crippen molar-refractivity contribution < 1.29 is 9.42 Å². The molecule has 5 nitrogen and oxygen atoms in total. The molecule has 2 heterocycles. The highest BCUT2D eigenvalue weighted by Crippen LogP contribution is 2.18. The van der Waals surface area contributed by atoms with Crippen molar-refractivity contribution in [3.8, 4) is 0 Å². The van der Waals surface area contributed by atoms with Crippen molar-refractivity contribution in [1.29, 1.82) is 0 Å². The summed E-state index contributed by atoms with van der Waals surface area (Å²) in [6.07, 6.45) is 0. The Bertz CT molecular complexity index is 778. The van der Waals surface area contributed by atoms with E-state index in [-0.39, 0.29) is 5.78 Å². The maximum absolute atomic E-state index is 11.3. The Hall–Kier alpha value is -2.05. The van der Waals surface area contributed by atoms with Crippen LogP contribution in [0.1, 0.15) is 27.7 Å². The molecule has 0 aliphatic heterocycles. The molecule has 3 aromatic rings. The maximum atomic E-state index is 11.3. The summed E-state index contributed by atoms with van der Waals surface area (Å²) < 4.78 is 4.70. The highest BCUT2D eigenvalue weighted by Gasteiger charge is 2.08. The third-order valence-corrected chi connectivity index (χ3v) is 4.30. The summed E-state index contributed by atoms with van der Waals surface area (Å²) in [7, 11) is 2.05. The van der Waals surface area contributed by atoms with E-state index >= 15 is 0 Å². The number of carbonyl (C=O) groups excluding carboxylic acids is 1. The van der Waals surface area contributed by atoms with Crippen molar-refractivity contribution in [3.63, 3.8) is 0 Å². The molecular formula is C15H15N3O2S. The lowest BCUT2D eigenvalue weighted by Crippen LogP contribution is -2.16. The van der Waals surface area contributed by atoms with E-state index in [0.29, 0.717) is 0 Å². The predicted molar refractivity (Wildman–Crippen MR) is 81.3 cm³/mol. The summed E-state index contributed by atoms with van der Waals surface area (Å²) in [6, 6.07) is 7.89. The minimum Gasteiger partial charge on any atom is -0.298 e. The molecule has 0 atom stereocenters. The number of fused-ring (bicyclic) bond motifs is 1. The summed E-state index contributed by atoms with van der Waals surface area (Å²) in [5, 5.41) is 9.69. The van der Waals surface area contributed by atoms with Crippen molar-refractivity contribution in [2.75, 3.05) is 7.05 Å². The highest BCUT2D eigenvalue weighted by molar-refractivity contribution is 7.12. The largest absolute Gasteiger partial charge is 0.298 e. The number of ketones is 1. The number of carbonyl (C=O) groups is 1. The van der Waals surface area contributed by atoms with E-state index in [2.05, 4.69) is 22.3 Å². The van der Waals surface area contributed by atoms with Crippen LogP contribution in [-0.4, -0.2) is 28.0 Å². The lowest BCUT2D eigenvalue weighted by Gasteiger charge is -2.15. The molecule has 0 fully saturated rings. The fourth-order valence-electron chi connectivity index (χ4n) is 2.25. The number of hydrogen-bond donors (Lipinski definition) is 0. The normalized spacial score (nSPS) is 11.4. The monoisotopic (exact) mass is 301 g/mol. The summed E-state index contributed by atoms with van der Waals surface area (Å²) in [4.78, 5) is 14.3. The van der Waals surface area contributed by atoms with Gasteiger partial charge in [0.1, 0.15) is 11.0 Å². The van der Waals surface area contributed by atoms with Gasteiger partial charge in [0.15, 0.2) is 5.78 Å². The molecule has 0 aliphatic carbocycles. The fraction of sp³-hybridized carbons (Fsp3) is 0.267. The van der Waals surface area contributed by atoms with Gasteiger partial charge in [-0.2, -0.15) is 0 Å². The standard InChI is InChI=1S/C15H15N3O2S/c1-10(19)15-6-12(9-21-15)8-18(2)7-11-3-4-13-14(5-11)17-20-16-13/h3-6,9H,7-8H2,1-2H3. The average Bonchev–Trinajstić information content (AvgIpc) is 3.06. The van der Waals surface area contributed by atoms with E-state index < -0.39 is 0 Å². The van der Waals surface area contributed by atoms with Gasteiger partial charge in [0, 0.05) is 13.1 Å². The molecule has 3 rings (SSSR count). The third-order valence-electron chi connectivity index (χ3n) is 3.22. The zero-order chi connectivity index (χ0) is 14.8. The smallest absolute Gasteiger partial charge is 0.169 e. The van der Waals surface area contributed by atoms with Gasteiger partial charge in [-0.1, -0.05) is 6.07 Å². The van der Waals surface area contributed by atoms with Crippen LogP contribution in [0, 0.1) is 0 Å². The Kier molecular flexibility index (Phi) is 3.81. The predicted octanol–water partition coefficient (Wildman–Crippen LogP) is 3.12. The number of aromatic nitrogens is 2. The molecule has 1 aromatic carbocycles. The van der Waals surface area contributed by atoms with E-state index in [9.17, 15) is 4.79 Å². The molecular weight excluding hydrogens is 286 g/mol. The molecule has 0 N–H and O–H groups in total. The topological polar surface area (TPSA) is 59.2 Å². The van der Waals surface area contributed by atoms with E-state index in [1.54, 1.807) is 6.92 Å².